The first kappa shape index (κ1) is 69.0. The third-order valence-corrected chi connectivity index (χ3v) is 22.7. The Morgan fingerprint density at radius 3 is 1.74 bits per heavy atom. The fourth-order valence-corrected chi connectivity index (χ4v) is 17.6. The van der Waals surface area contributed by atoms with Crippen LogP contribution in [0.25, 0.3) is 0 Å². The number of hydrogen-bond donors (Lipinski definition) is 15. The second-order valence-corrected chi connectivity index (χ2v) is 28.3. The van der Waals surface area contributed by atoms with Gasteiger partial charge in [-0.3, -0.25) is 4.79 Å². The highest BCUT2D eigenvalue weighted by Crippen LogP contribution is 2.76. The van der Waals surface area contributed by atoms with Crippen LogP contribution in [0, 0.1) is 45.3 Å². The van der Waals surface area contributed by atoms with Gasteiger partial charge in [0.25, 0.3) is 0 Å². The number of cyclic esters (lactones) is 1. The maximum atomic E-state index is 14.6. The second kappa shape index (κ2) is 26.1. The Morgan fingerprint density at radius 1 is 0.568 bits per heavy atom. The molecule has 34 unspecified atom stereocenters. The van der Waals surface area contributed by atoms with E-state index in [1.807, 2.05) is 13.0 Å². The largest absolute Gasteiger partial charge is 0.456 e. The lowest BCUT2D eigenvalue weighted by molar-refractivity contribution is -0.394. The lowest BCUT2D eigenvalue weighted by Gasteiger charge is -2.64. The number of allylic oxidation sites excluding steroid dienone is 1. The number of esters is 1. The Labute approximate surface area is 511 Å². The molecule has 0 aromatic carbocycles. The molecular weight excluding hydrogens is 1170 g/mol. The van der Waals surface area contributed by atoms with E-state index in [-0.39, 0.29) is 11.8 Å². The number of fused-ring (bicyclic) bond motifs is 4. The minimum atomic E-state index is -2.03. The summed E-state index contributed by atoms with van der Waals surface area (Å²) in [6, 6.07) is 0. The first-order valence-corrected chi connectivity index (χ1v) is 31.4. The minimum absolute atomic E-state index is 0.0826. The molecule has 28 heteroatoms. The lowest BCUT2D eigenvalue weighted by atomic mass is 9.40. The summed E-state index contributed by atoms with van der Waals surface area (Å²) in [6.07, 6.45) is -36.1. The highest BCUT2D eigenvalue weighted by Gasteiger charge is 2.80. The van der Waals surface area contributed by atoms with Crippen molar-refractivity contribution in [3.05, 3.63) is 11.6 Å². The van der Waals surface area contributed by atoms with Gasteiger partial charge in [-0.25, -0.2) is 0 Å². The maximum absolute atomic E-state index is 14.6. The van der Waals surface area contributed by atoms with E-state index in [0.29, 0.717) is 50.9 Å². The number of methoxy groups -OCH3 is 1. The van der Waals surface area contributed by atoms with E-state index in [9.17, 15) is 81.4 Å². The summed E-state index contributed by atoms with van der Waals surface area (Å²) in [5, 5.41) is 167. The summed E-state index contributed by atoms with van der Waals surface area (Å²) in [5.41, 5.74) is -3.22. The molecule has 0 aromatic heterocycles. The maximum Gasteiger partial charge on any atom is 0.316 e. The molecule has 10 rings (SSSR count). The molecule has 6 saturated heterocycles. The van der Waals surface area contributed by atoms with Crippen LogP contribution in [-0.2, 0) is 61.6 Å². The van der Waals surface area contributed by atoms with Crippen molar-refractivity contribution in [3.8, 4) is 0 Å². The Morgan fingerprint density at radius 2 is 1.12 bits per heavy atom. The van der Waals surface area contributed by atoms with Gasteiger partial charge >= 0.3 is 5.97 Å². The predicted octanol–water partition coefficient (Wildman–Crippen LogP) is -3.54. The molecular formula is C60H98O28. The Bertz CT molecular complexity index is 2420. The number of carbonyl (C=O) groups is 1. The van der Waals surface area contributed by atoms with Gasteiger partial charge in [-0.05, 0) is 99.2 Å². The summed E-state index contributed by atoms with van der Waals surface area (Å²) in [4.78, 5) is 14.6. The van der Waals surface area contributed by atoms with Gasteiger partial charge in [-0.15, -0.1) is 0 Å². The molecule has 10 aliphatic rings. The summed E-state index contributed by atoms with van der Waals surface area (Å²) in [6.45, 7) is 13.1. The quantitative estimate of drug-likeness (QED) is 0.0359. The Kier molecular flexibility index (Phi) is 20.4. The highest BCUT2D eigenvalue weighted by molar-refractivity contribution is 5.84. The Hall–Kier alpha value is -1.83. The number of aliphatic hydroxyl groups excluding tert-OH is 15. The van der Waals surface area contributed by atoms with E-state index in [1.165, 1.54) is 14.0 Å². The number of hydrogen-bond acceptors (Lipinski definition) is 28. The summed E-state index contributed by atoms with van der Waals surface area (Å²) in [5.74, 6) is -0.715. The second-order valence-electron chi connectivity index (χ2n) is 28.3. The number of aliphatic hydroxyl groups is 15. The third-order valence-electron chi connectivity index (χ3n) is 22.7. The van der Waals surface area contributed by atoms with Gasteiger partial charge in [0.15, 0.2) is 31.5 Å². The van der Waals surface area contributed by atoms with Crippen molar-refractivity contribution in [2.24, 2.45) is 45.3 Å². The number of carbonyl (C=O) groups excluding carboxylic acids is 1. The molecule has 6 heterocycles. The van der Waals surface area contributed by atoms with Crippen molar-refractivity contribution in [3.63, 3.8) is 0 Å². The molecule has 0 bridgehead atoms. The molecule has 4 aliphatic carbocycles. The van der Waals surface area contributed by atoms with E-state index in [4.69, 9.17) is 56.8 Å². The fourth-order valence-electron chi connectivity index (χ4n) is 17.6. The smallest absolute Gasteiger partial charge is 0.316 e. The van der Waals surface area contributed by atoms with E-state index < -0.39 is 231 Å². The van der Waals surface area contributed by atoms with Crippen molar-refractivity contribution in [1.29, 1.82) is 0 Å². The predicted molar refractivity (Wildman–Crippen MR) is 296 cm³/mol. The topological polar surface area (TPSA) is 431 Å². The molecule has 34 atom stereocenters. The van der Waals surface area contributed by atoms with Gasteiger partial charge < -0.3 is 133 Å². The van der Waals surface area contributed by atoms with E-state index >= 15 is 0 Å². The van der Waals surface area contributed by atoms with Crippen LogP contribution in [0.5, 0.6) is 0 Å². The van der Waals surface area contributed by atoms with Gasteiger partial charge in [0.1, 0.15) is 121 Å². The third kappa shape index (κ3) is 11.3. The molecule has 0 aromatic rings. The van der Waals surface area contributed by atoms with Crippen molar-refractivity contribution < 1.29 is 138 Å². The molecule has 88 heavy (non-hydrogen) atoms. The zero-order chi connectivity index (χ0) is 64.2. The van der Waals surface area contributed by atoms with Crippen LogP contribution in [0.4, 0.5) is 0 Å². The van der Waals surface area contributed by atoms with Gasteiger partial charge in [0.05, 0.1) is 50.8 Å². The van der Waals surface area contributed by atoms with Crippen molar-refractivity contribution in [2.45, 2.75) is 278 Å². The average Bonchev–Trinajstić information content (AvgIpc) is 1.44. The number of rotatable bonds is 18. The molecule has 15 N–H and O–H groups in total. The van der Waals surface area contributed by atoms with Gasteiger partial charge in [-0.2, -0.15) is 0 Å². The zero-order valence-electron chi connectivity index (χ0n) is 51.5. The molecule has 0 radical (unpaired) electrons. The fraction of sp³-hybridized carbons (Fsp3) is 0.950. The Balaban J connectivity index is 0.873. The molecule has 0 amide bonds. The van der Waals surface area contributed by atoms with Gasteiger partial charge in [0, 0.05) is 13.0 Å². The lowest BCUT2D eigenvalue weighted by Crippen LogP contribution is -2.67. The highest BCUT2D eigenvalue weighted by atomic mass is 16.8. The van der Waals surface area contributed by atoms with Crippen molar-refractivity contribution in [1.82, 2.24) is 0 Å². The summed E-state index contributed by atoms with van der Waals surface area (Å²) in [7, 11) is 1.19. The van der Waals surface area contributed by atoms with E-state index in [1.54, 1.807) is 0 Å². The van der Waals surface area contributed by atoms with Crippen LogP contribution in [0.15, 0.2) is 11.6 Å². The molecule has 1 spiro atoms. The van der Waals surface area contributed by atoms with Crippen LogP contribution in [0.3, 0.4) is 0 Å². The average molecular weight is 1270 g/mol. The van der Waals surface area contributed by atoms with Gasteiger partial charge in [-0.1, -0.05) is 53.2 Å². The number of ether oxygens (including phenoxy) is 12. The van der Waals surface area contributed by atoms with Crippen LogP contribution in [-0.4, -0.2) is 287 Å². The molecule has 3 saturated carbocycles. The van der Waals surface area contributed by atoms with E-state index in [2.05, 4.69) is 41.5 Å². The minimum Gasteiger partial charge on any atom is -0.456 e. The first-order valence-electron chi connectivity index (χ1n) is 31.4. The SMILES string of the molecule is COC1C(O)C(CO)OC(OC2C(O)C(CO)OC(OC3C(C)OC(OC4C(OC5CCC6(C)C7=CC(O)C89C(=O)OC(C)(C(O)CCC(C)C)C8CCC9(C)C7CCC6C5(C)C)OCC(OC5OC(CO)C(O)C(O)C5O)C4O)C(O)C3O)C2O)C1O. The summed E-state index contributed by atoms with van der Waals surface area (Å²) >= 11 is 0. The van der Waals surface area contributed by atoms with E-state index in [0.717, 1.165) is 12.0 Å². The normalized spacial score (nSPS) is 53.1. The van der Waals surface area contributed by atoms with Gasteiger partial charge in [0.2, 0.25) is 0 Å². The molecule has 506 valence electrons. The van der Waals surface area contributed by atoms with Crippen LogP contribution in [0.2, 0.25) is 0 Å². The van der Waals surface area contributed by atoms with Crippen molar-refractivity contribution in [2.75, 3.05) is 33.5 Å². The summed E-state index contributed by atoms with van der Waals surface area (Å²) < 4.78 is 72.2. The van der Waals surface area contributed by atoms with Crippen LogP contribution in [0.1, 0.15) is 107 Å². The molecule has 9 fully saturated rings. The van der Waals surface area contributed by atoms with Crippen molar-refractivity contribution >= 4 is 5.97 Å². The first-order chi connectivity index (χ1) is 41.4. The zero-order valence-corrected chi connectivity index (χ0v) is 51.5. The van der Waals surface area contributed by atoms with Crippen LogP contribution >= 0.6 is 0 Å². The standard InChI is InChI=1S/C60H98O28/c1-23(2)10-13-33(64)59(8)32-14-17-58(7)25-11-12-31-56(4,5)35(15-16-57(31,6)26(25)18-34(65)60(32,58)55(76)88-59)84-54-49(39(69)30(22-78-54)83-51-42(72)40(70)36(66)27(19-61)80-51)87-50-43(73)41(71)46(24(3)79-50)85-53-45(75)48(38(68)29(21-63)82-53)86-52-44(74)47(77-9)37(67)28(20-62)81-52/h18,23-25,27-54,61-75H,10-17,19-22H2,1-9H3. The monoisotopic (exact) mass is 1270 g/mol. The molecule has 28 nitrogen and oxygen atoms in total. The van der Waals surface area contributed by atoms with Crippen LogP contribution < -0.4 is 0 Å². The molecule has 6 aliphatic heterocycles.